The minimum atomic E-state index is -0.220. The number of hydrogen-bond donors (Lipinski definition) is 0. The molecule has 0 aliphatic carbocycles. The summed E-state index contributed by atoms with van der Waals surface area (Å²) in [5.41, 5.74) is 2.93. The Bertz CT molecular complexity index is 928. The first-order chi connectivity index (χ1) is 12.1. The number of rotatable bonds is 2. The number of benzene rings is 1. The number of fused-ring (bicyclic) bond motifs is 1. The average Bonchev–Trinajstić information content (AvgIpc) is 3.01. The molecule has 3 aromatic rings. The van der Waals surface area contributed by atoms with Crippen molar-refractivity contribution < 1.29 is 9.18 Å². The largest absolute Gasteiger partial charge is 0.366 e. The predicted molar refractivity (Wildman–Crippen MR) is 94.4 cm³/mol. The highest BCUT2D eigenvalue weighted by molar-refractivity contribution is 5.95. The van der Waals surface area contributed by atoms with Gasteiger partial charge in [-0.25, -0.2) is 9.37 Å². The van der Waals surface area contributed by atoms with Crippen LogP contribution in [0.5, 0.6) is 0 Å². The SMILES string of the molecule is Cc1cn2ccc(C(=O)N3CCN(c4ccccc4F)CC3)cc2n1. The maximum Gasteiger partial charge on any atom is 0.254 e. The second-order valence-corrected chi connectivity index (χ2v) is 6.29. The van der Waals surface area contributed by atoms with Crippen LogP contribution in [-0.4, -0.2) is 46.4 Å². The van der Waals surface area contributed by atoms with Crippen molar-refractivity contribution in [3.8, 4) is 0 Å². The standard InChI is InChI=1S/C19H19FN4O/c1-14-13-24-7-6-15(12-18(24)21-14)19(25)23-10-8-22(9-11-23)17-5-3-2-4-16(17)20/h2-7,12-13H,8-11H2,1H3. The highest BCUT2D eigenvalue weighted by Gasteiger charge is 2.23. The summed E-state index contributed by atoms with van der Waals surface area (Å²) in [5.74, 6) is -0.223. The molecule has 4 rings (SSSR count). The van der Waals surface area contributed by atoms with Crippen molar-refractivity contribution in [2.24, 2.45) is 0 Å². The van der Waals surface area contributed by atoms with Gasteiger partial charge in [0.1, 0.15) is 11.5 Å². The lowest BCUT2D eigenvalue weighted by molar-refractivity contribution is 0.0746. The van der Waals surface area contributed by atoms with Gasteiger partial charge < -0.3 is 14.2 Å². The Hall–Kier alpha value is -2.89. The lowest BCUT2D eigenvalue weighted by Crippen LogP contribution is -2.49. The molecule has 6 heteroatoms. The molecular weight excluding hydrogens is 319 g/mol. The second-order valence-electron chi connectivity index (χ2n) is 6.29. The van der Waals surface area contributed by atoms with Gasteiger partial charge in [-0.2, -0.15) is 0 Å². The van der Waals surface area contributed by atoms with Crippen molar-refractivity contribution >= 4 is 17.2 Å². The van der Waals surface area contributed by atoms with Crippen molar-refractivity contribution in [3.63, 3.8) is 0 Å². The minimum Gasteiger partial charge on any atom is -0.366 e. The highest BCUT2D eigenvalue weighted by atomic mass is 19.1. The zero-order chi connectivity index (χ0) is 17.4. The van der Waals surface area contributed by atoms with E-state index in [1.54, 1.807) is 12.1 Å². The van der Waals surface area contributed by atoms with Crippen LogP contribution in [0.2, 0.25) is 0 Å². The van der Waals surface area contributed by atoms with Crippen LogP contribution < -0.4 is 4.90 Å². The monoisotopic (exact) mass is 338 g/mol. The van der Waals surface area contributed by atoms with Crippen LogP contribution >= 0.6 is 0 Å². The quantitative estimate of drug-likeness (QED) is 0.721. The van der Waals surface area contributed by atoms with Gasteiger partial charge in [0, 0.05) is 44.1 Å². The number of imidazole rings is 1. The molecule has 5 nitrogen and oxygen atoms in total. The molecule has 0 radical (unpaired) electrons. The van der Waals surface area contributed by atoms with Crippen LogP contribution in [0.4, 0.5) is 10.1 Å². The topological polar surface area (TPSA) is 40.9 Å². The van der Waals surface area contributed by atoms with Crippen molar-refractivity contribution in [3.05, 3.63) is 65.9 Å². The van der Waals surface area contributed by atoms with E-state index in [0.29, 0.717) is 37.4 Å². The van der Waals surface area contributed by atoms with Crippen LogP contribution in [-0.2, 0) is 0 Å². The summed E-state index contributed by atoms with van der Waals surface area (Å²) in [5, 5.41) is 0. The first-order valence-electron chi connectivity index (χ1n) is 8.36. The Morgan fingerprint density at radius 1 is 1.12 bits per heavy atom. The van der Waals surface area contributed by atoms with E-state index in [0.717, 1.165) is 11.3 Å². The fourth-order valence-corrected chi connectivity index (χ4v) is 3.28. The van der Waals surface area contributed by atoms with Gasteiger partial charge in [-0.3, -0.25) is 4.79 Å². The number of pyridine rings is 1. The number of anilines is 1. The molecule has 128 valence electrons. The van der Waals surface area contributed by atoms with Crippen LogP contribution in [0.3, 0.4) is 0 Å². The predicted octanol–water partition coefficient (Wildman–Crippen LogP) is 2.74. The third kappa shape index (κ3) is 2.95. The number of piperazine rings is 1. The second kappa shape index (κ2) is 6.20. The molecule has 1 aromatic carbocycles. The molecule has 0 unspecified atom stereocenters. The smallest absolute Gasteiger partial charge is 0.254 e. The molecule has 1 aliphatic heterocycles. The first-order valence-corrected chi connectivity index (χ1v) is 8.36. The summed E-state index contributed by atoms with van der Waals surface area (Å²) < 4.78 is 15.8. The van der Waals surface area contributed by atoms with Gasteiger partial charge in [0.15, 0.2) is 0 Å². The summed E-state index contributed by atoms with van der Waals surface area (Å²) >= 11 is 0. The molecule has 0 bridgehead atoms. The summed E-state index contributed by atoms with van der Waals surface area (Å²) in [6.07, 6.45) is 3.79. The number of hydrogen-bond acceptors (Lipinski definition) is 3. The molecule has 3 heterocycles. The van der Waals surface area contributed by atoms with Crippen LogP contribution in [0.15, 0.2) is 48.8 Å². The van der Waals surface area contributed by atoms with Crippen LogP contribution in [0.1, 0.15) is 16.1 Å². The molecule has 1 saturated heterocycles. The van der Waals surface area contributed by atoms with E-state index in [-0.39, 0.29) is 11.7 Å². The van der Waals surface area contributed by atoms with E-state index in [2.05, 4.69) is 4.98 Å². The van der Waals surface area contributed by atoms with Gasteiger partial charge in [0.25, 0.3) is 5.91 Å². The van der Waals surface area contributed by atoms with Crippen LogP contribution in [0.25, 0.3) is 5.65 Å². The van der Waals surface area contributed by atoms with Gasteiger partial charge in [0.2, 0.25) is 0 Å². The summed E-state index contributed by atoms with van der Waals surface area (Å²) in [7, 11) is 0. The van der Waals surface area contributed by atoms with E-state index in [1.165, 1.54) is 6.07 Å². The molecule has 1 fully saturated rings. The number of carbonyl (C=O) groups is 1. The van der Waals surface area contributed by atoms with E-state index in [9.17, 15) is 9.18 Å². The Labute approximate surface area is 145 Å². The molecule has 25 heavy (non-hydrogen) atoms. The maximum absolute atomic E-state index is 13.9. The van der Waals surface area contributed by atoms with E-state index >= 15 is 0 Å². The Balaban J connectivity index is 1.48. The Morgan fingerprint density at radius 2 is 1.88 bits per heavy atom. The minimum absolute atomic E-state index is 0.00339. The van der Waals surface area contributed by atoms with Gasteiger partial charge >= 0.3 is 0 Å². The van der Waals surface area contributed by atoms with E-state index < -0.39 is 0 Å². The molecule has 0 spiro atoms. The van der Waals surface area contributed by atoms with Gasteiger partial charge in [0.05, 0.1) is 11.4 Å². The normalized spacial score (nSPS) is 15.0. The van der Waals surface area contributed by atoms with Gasteiger partial charge in [-0.1, -0.05) is 12.1 Å². The van der Waals surface area contributed by atoms with E-state index in [4.69, 9.17) is 0 Å². The van der Waals surface area contributed by atoms with Gasteiger partial charge in [-0.05, 0) is 31.2 Å². The lowest BCUT2D eigenvalue weighted by atomic mass is 10.2. The fraction of sp³-hybridized carbons (Fsp3) is 0.263. The first kappa shape index (κ1) is 15.6. The molecular formula is C19H19FN4O. The molecule has 0 saturated carbocycles. The summed E-state index contributed by atoms with van der Waals surface area (Å²) in [6, 6.07) is 10.4. The zero-order valence-corrected chi connectivity index (χ0v) is 14.0. The molecule has 0 atom stereocenters. The van der Waals surface area contributed by atoms with E-state index in [1.807, 2.05) is 51.7 Å². The summed E-state index contributed by atoms with van der Waals surface area (Å²) in [4.78, 5) is 21.0. The zero-order valence-electron chi connectivity index (χ0n) is 14.0. The van der Waals surface area contributed by atoms with Crippen molar-refractivity contribution in [1.29, 1.82) is 0 Å². The van der Waals surface area contributed by atoms with Crippen molar-refractivity contribution in [1.82, 2.24) is 14.3 Å². The lowest BCUT2D eigenvalue weighted by Gasteiger charge is -2.36. The number of halogens is 1. The molecule has 1 amide bonds. The van der Waals surface area contributed by atoms with Crippen molar-refractivity contribution in [2.75, 3.05) is 31.1 Å². The third-order valence-corrected chi connectivity index (χ3v) is 4.59. The average molecular weight is 338 g/mol. The van der Waals surface area contributed by atoms with Crippen LogP contribution in [0, 0.1) is 12.7 Å². The van der Waals surface area contributed by atoms with Crippen molar-refractivity contribution in [2.45, 2.75) is 6.92 Å². The van der Waals surface area contributed by atoms with Gasteiger partial charge in [-0.15, -0.1) is 0 Å². The Kier molecular flexibility index (Phi) is 3.87. The summed E-state index contributed by atoms with van der Waals surface area (Å²) in [6.45, 7) is 4.32. The fourth-order valence-electron chi connectivity index (χ4n) is 3.28. The number of carbonyl (C=O) groups excluding carboxylic acids is 1. The molecule has 0 N–H and O–H groups in total. The molecule has 2 aromatic heterocycles. The number of aryl methyl sites for hydroxylation is 1. The third-order valence-electron chi connectivity index (χ3n) is 4.59. The number of nitrogens with zero attached hydrogens (tertiary/aromatic N) is 4. The number of aromatic nitrogens is 2. The number of amides is 1. The highest BCUT2D eigenvalue weighted by Crippen LogP contribution is 2.21. The Morgan fingerprint density at radius 3 is 2.64 bits per heavy atom. The maximum atomic E-state index is 13.9. The number of para-hydroxylation sites is 1. The molecule has 1 aliphatic rings.